The van der Waals surface area contributed by atoms with E-state index in [1.807, 2.05) is 18.0 Å². The molecular formula is C12H26OSSi. The van der Waals surface area contributed by atoms with Crippen molar-refractivity contribution in [2.24, 2.45) is 5.41 Å². The molecule has 0 N–H and O–H groups in total. The summed E-state index contributed by atoms with van der Waals surface area (Å²) < 4.78 is 5.98. The van der Waals surface area contributed by atoms with Crippen molar-refractivity contribution in [3.63, 3.8) is 0 Å². The molecule has 0 saturated carbocycles. The van der Waals surface area contributed by atoms with Gasteiger partial charge < -0.3 is 4.43 Å². The number of hydrogen-bond acceptors (Lipinski definition) is 2. The second kappa shape index (κ2) is 5.44. The first-order valence-corrected chi connectivity index (χ1v) is 9.17. The van der Waals surface area contributed by atoms with E-state index >= 15 is 0 Å². The Kier molecular flexibility index (Phi) is 5.48. The summed E-state index contributed by atoms with van der Waals surface area (Å²) in [4.78, 5) is 1.34. The average Bonchev–Trinajstić information content (AvgIpc) is 1.93. The van der Waals surface area contributed by atoms with Crippen molar-refractivity contribution >= 4 is 20.8 Å². The van der Waals surface area contributed by atoms with Crippen LogP contribution in [0.25, 0.3) is 0 Å². The molecule has 0 atom stereocenters. The van der Waals surface area contributed by atoms with Gasteiger partial charge in [-0.15, -0.1) is 11.8 Å². The highest BCUT2D eigenvalue weighted by atomic mass is 32.2. The van der Waals surface area contributed by atoms with Gasteiger partial charge >= 0.3 is 0 Å². The maximum Gasteiger partial charge on any atom is 0.228 e. The van der Waals surface area contributed by atoms with Crippen molar-refractivity contribution in [1.29, 1.82) is 0 Å². The van der Waals surface area contributed by atoms with Crippen molar-refractivity contribution in [3.05, 3.63) is 11.2 Å². The Morgan fingerprint density at radius 3 is 1.80 bits per heavy atom. The van der Waals surface area contributed by atoms with E-state index < -0.39 is 9.04 Å². The topological polar surface area (TPSA) is 9.23 Å². The lowest BCUT2D eigenvalue weighted by molar-refractivity contribution is 0.460. The van der Waals surface area contributed by atoms with E-state index in [2.05, 4.69) is 54.6 Å². The van der Waals surface area contributed by atoms with E-state index in [9.17, 15) is 0 Å². The second-order valence-corrected chi connectivity index (χ2v) is 10.4. The van der Waals surface area contributed by atoms with Crippen LogP contribution in [-0.4, -0.2) is 13.8 Å². The van der Waals surface area contributed by atoms with Crippen molar-refractivity contribution in [2.45, 2.75) is 59.4 Å². The molecule has 15 heavy (non-hydrogen) atoms. The third-order valence-electron chi connectivity index (χ3n) is 1.60. The van der Waals surface area contributed by atoms with E-state index in [-0.39, 0.29) is 10.2 Å². The first-order chi connectivity index (χ1) is 6.52. The van der Waals surface area contributed by atoms with E-state index in [1.165, 1.54) is 4.91 Å². The lowest BCUT2D eigenvalue weighted by Crippen LogP contribution is -2.16. The highest BCUT2D eigenvalue weighted by Gasteiger charge is 2.24. The summed E-state index contributed by atoms with van der Waals surface area (Å²) in [6.07, 6.45) is 1.99. The zero-order valence-electron chi connectivity index (χ0n) is 11.5. The first-order valence-electron chi connectivity index (χ1n) is 5.57. The molecular weight excluding hydrogens is 220 g/mol. The van der Waals surface area contributed by atoms with Gasteiger partial charge in [-0.25, -0.2) is 0 Å². The fourth-order valence-electron chi connectivity index (χ4n) is 0.882. The maximum absolute atomic E-state index is 5.73. The fraction of sp³-hybridized carbons (Fsp3) is 0.833. The molecule has 0 radical (unpaired) electrons. The normalized spacial score (nSPS) is 14.6. The average molecular weight is 246 g/mol. The minimum absolute atomic E-state index is 0.182. The van der Waals surface area contributed by atoms with Crippen LogP contribution in [0.5, 0.6) is 0 Å². The zero-order chi connectivity index (χ0) is 12.3. The minimum atomic E-state index is -0.956. The third kappa shape index (κ3) is 7.97. The highest BCUT2D eigenvalue weighted by Crippen LogP contribution is 2.41. The Morgan fingerprint density at radius 2 is 1.53 bits per heavy atom. The van der Waals surface area contributed by atoms with Crippen LogP contribution < -0.4 is 0 Å². The lowest BCUT2D eigenvalue weighted by atomic mass is 9.97. The SMILES string of the molecule is C[SiH](C)OC=C(SC(C)(C)C)C(C)(C)C. The summed E-state index contributed by atoms with van der Waals surface area (Å²) in [5, 5.41) is 0. The van der Waals surface area contributed by atoms with E-state index in [0.717, 1.165) is 0 Å². The largest absolute Gasteiger partial charge is 0.552 e. The molecule has 0 heterocycles. The molecule has 0 aromatic heterocycles. The molecule has 0 saturated heterocycles. The molecule has 0 aliphatic rings. The van der Waals surface area contributed by atoms with Crippen LogP contribution in [0.2, 0.25) is 13.1 Å². The zero-order valence-corrected chi connectivity index (χ0v) is 13.4. The van der Waals surface area contributed by atoms with Crippen LogP contribution in [-0.2, 0) is 4.43 Å². The van der Waals surface area contributed by atoms with Crippen LogP contribution >= 0.6 is 11.8 Å². The number of thioether (sulfide) groups is 1. The Morgan fingerprint density at radius 1 is 1.07 bits per heavy atom. The first kappa shape index (κ1) is 15.1. The molecule has 0 rings (SSSR count). The van der Waals surface area contributed by atoms with Gasteiger partial charge in [0.25, 0.3) is 0 Å². The summed E-state index contributed by atoms with van der Waals surface area (Å²) in [5.41, 5.74) is 0.182. The number of hydrogen-bond donors (Lipinski definition) is 0. The Labute approximate surface area is 101 Å². The summed E-state index contributed by atoms with van der Waals surface area (Å²) in [6, 6.07) is 0. The minimum Gasteiger partial charge on any atom is -0.552 e. The van der Waals surface area contributed by atoms with Crippen LogP contribution in [0.15, 0.2) is 11.2 Å². The van der Waals surface area contributed by atoms with Gasteiger partial charge in [0.15, 0.2) is 0 Å². The van der Waals surface area contributed by atoms with Crippen molar-refractivity contribution in [3.8, 4) is 0 Å². The summed E-state index contributed by atoms with van der Waals surface area (Å²) in [6.45, 7) is 17.8. The smallest absolute Gasteiger partial charge is 0.228 e. The molecule has 0 spiro atoms. The van der Waals surface area contributed by atoms with Gasteiger partial charge in [0.2, 0.25) is 9.04 Å². The van der Waals surface area contributed by atoms with Crippen molar-refractivity contribution < 1.29 is 4.43 Å². The number of allylic oxidation sites excluding steroid dienone is 1. The summed E-state index contributed by atoms with van der Waals surface area (Å²) >= 11 is 1.91. The predicted octanol–water partition coefficient (Wildman–Crippen LogP) is 4.41. The number of rotatable bonds is 3. The van der Waals surface area contributed by atoms with E-state index in [1.54, 1.807) is 0 Å². The van der Waals surface area contributed by atoms with Crippen LogP contribution in [0.3, 0.4) is 0 Å². The highest BCUT2D eigenvalue weighted by molar-refractivity contribution is 8.04. The monoisotopic (exact) mass is 246 g/mol. The Balaban J connectivity index is 4.68. The van der Waals surface area contributed by atoms with Crippen LogP contribution in [0.1, 0.15) is 41.5 Å². The maximum atomic E-state index is 5.73. The molecule has 0 aromatic rings. The summed E-state index contributed by atoms with van der Waals surface area (Å²) in [5.74, 6) is 0. The molecule has 0 aromatic carbocycles. The molecule has 0 fully saturated rings. The quantitative estimate of drug-likeness (QED) is 0.539. The molecule has 0 bridgehead atoms. The van der Waals surface area contributed by atoms with Gasteiger partial charge in [0.05, 0.1) is 6.26 Å². The van der Waals surface area contributed by atoms with Crippen LogP contribution in [0, 0.1) is 5.41 Å². The standard InChI is InChI=1S/C12H26OSSi/c1-11(2,3)10(9-13-15(7)8)14-12(4,5)6/h9,15H,1-8H3. The predicted molar refractivity (Wildman–Crippen MR) is 74.8 cm³/mol. The van der Waals surface area contributed by atoms with E-state index in [4.69, 9.17) is 4.43 Å². The van der Waals surface area contributed by atoms with Crippen LogP contribution in [0.4, 0.5) is 0 Å². The van der Waals surface area contributed by atoms with Crippen molar-refractivity contribution in [2.75, 3.05) is 0 Å². The second-order valence-electron chi connectivity index (χ2n) is 6.13. The Hall–Kier alpha value is 0.107. The summed E-state index contributed by atoms with van der Waals surface area (Å²) in [7, 11) is -0.956. The molecule has 0 aliphatic carbocycles. The molecule has 0 amide bonds. The molecule has 0 unspecified atom stereocenters. The molecule has 1 nitrogen and oxygen atoms in total. The molecule has 90 valence electrons. The fourth-order valence-corrected chi connectivity index (χ4v) is 2.46. The van der Waals surface area contributed by atoms with Gasteiger partial charge in [-0.2, -0.15) is 0 Å². The lowest BCUT2D eigenvalue weighted by Gasteiger charge is -2.28. The van der Waals surface area contributed by atoms with Gasteiger partial charge in [0, 0.05) is 9.65 Å². The van der Waals surface area contributed by atoms with Crippen molar-refractivity contribution in [1.82, 2.24) is 0 Å². The van der Waals surface area contributed by atoms with Gasteiger partial charge in [0.1, 0.15) is 0 Å². The molecule has 3 heteroatoms. The van der Waals surface area contributed by atoms with Gasteiger partial charge in [-0.1, -0.05) is 41.5 Å². The van der Waals surface area contributed by atoms with Gasteiger partial charge in [-0.3, -0.25) is 0 Å². The van der Waals surface area contributed by atoms with E-state index in [0.29, 0.717) is 0 Å². The molecule has 0 aliphatic heterocycles. The Bertz CT molecular complexity index is 221. The third-order valence-corrected chi connectivity index (χ3v) is 3.82. The van der Waals surface area contributed by atoms with Gasteiger partial charge in [-0.05, 0) is 18.5 Å².